The van der Waals surface area contributed by atoms with E-state index in [2.05, 4.69) is 4.98 Å². The van der Waals surface area contributed by atoms with Gasteiger partial charge in [0.25, 0.3) is 0 Å². The van der Waals surface area contributed by atoms with Gasteiger partial charge in [-0.15, -0.1) is 0 Å². The van der Waals surface area contributed by atoms with Gasteiger partial charge in [0.2, 0.25) is 0 Å². The minimum absolute atomic E-state index is 0.299. The first-order valence-electron chi connectivity index (χ1n) is 3.58. The van der Waals surface area contributed by atoms with Crippen molar-refractivity contribution in [2.24, 2.45) is 0 Å². The van der Waals surface area contributed by atoms with Crippen molar-refractivity contribution in [2.45, 2.75) is 6.92 Å². The molecule has 2 aromatic heterocycles. The first-order chi connectivity index (χ1) is 5.68. The van der Waals surface area contributed by atoms with Crippen LogP contribution in [0.15, 0.2) is 18.3 Å². The molecule has 0 radical (unpaired) electrons. The number of anilines is 1. The number of aromatic nitrogens is 2. The van der Waals surface area contributed by atoms with Crippen molar-refractivity contribution in [2.75, 3.05) is 5.73 Å². The molecule has 12 heavy (non-hydrogen) atoms. The quantitative estimate of drug-likeness (QED) is 0.640. The molecule has 3 nitrogen and oxygen atoms in total. The van der Waals surface area contributed by atoms with Gasteiger partial charge in [0.05, 0.1) is 5.69 Å². The van der Waals surface area contributed by atoms with Gasteiger partial charge in [-0.2, -0.15) is 0 Å². The summed E-state index contributed by atoms with van der Waals surface area (Å²) < 4.78 is 14.3. The molecule has 0 atom stereocenters. The van der Waals surface area contributed by atoms with Gasteiger partial charge in [-0.25, -0.2) is 9.37 Å². The lowest BCUT2D eigenvalue weighted by Gasteiger charge is -1.94. The molecular weight excluding hydrogens is 157 g/mol. The summed E-state index contributed by atoms with van der Waals surface area (Å²) in [7, 11) is 0. The number of fused-ring (bicyclic) bond motifs is 1. The van der Waals surface area contributed by atoms with Crippen LogP contribution in [0.25, 0.3) is 5.65 Å². The summed E-state index contributed by atoms with van der Waals surface area (Å²) in [4.78, 5) is 4.07. The van der Waals surface area contributed by atoms with Crippen molar-refractivity contribution < 1.29 is 4.39 Å². The molecule has 2 heterocycles. The Bertz CT molecular complexity index is 433. The first kappa shape index (κ1) is 7.09. The lowest BCUT2D eigenvalue weighted by molar-refractivity contribution is 0.626. The Morgan fingerprint density at radius 1 is 1.58 bits per heavy atom. The molecule has 0 saturated heterocycles. The maximum Gasteiger partial charge on any atom is 0.141 e. The highest BCUT2D eigenvalue weighted by atomic mass is 19.1. The summed E-state index contributed by atoms with van der Waals surface area (Å²) in [5.74, 6) is 0.262. The van der Waals surface area contributed by atoms with E-state index in [0.29, 0.717) is 11.5 Å². The fourth-order valence-corrected chi connectivity index (χ4v) is 1.16. The second-order valence-corrected chi connectivity index (χ2v) is 2.66. The summed E-state index contributed by atoms with van der Waals surface area (Å²) >= 11 is 0. The van der Waals surface area contributed by atoms with Gasteiger partial charge in [-0.05, 0) is 13.0 Å². The Kier molecular flexibility index (Phi) is 1.30. The fourth-order valence-electron chi connectivity index (χ4n) is 1.16. The lowest BCUT2D eigenvalue weighted by Crippen LogP contribution is -1.93. The maximum atomic E-state index is 12.7. The predicted molar refractivity (Wildman–Crippen MR) is 44.3 cm³/mol. The number of pyridine rings is 1. The van der Waals surface area contributed by atoms with Crippen LogP contribution >= 0.6 is 0 Å². The molecule has 0 amide bonds. The Hall–Kier alpha value is -1.58. The van der Waals surface area contributed by atoms with Crippen molar-refractivity contribution >= 4 is 11.5 Å². The van der Waals surface area contributed by atoms with E-state index in [9.17, 15) is 4.39 Å². The zero-order valence-electron chi connectivity index (χ0n) is 6.58. The van der Waals surface area contributed by atoms with Gasteiger partial charge in [0, 0.05) is 12.3 Å². The van der Waals surface area contributed by atoms with Crippen molar-refractivity contribution in [1.29, 1.82) is 0 Å². The molecule has 0 aliphatic heterocycles. The number of hydrogen-bond donors (Lipinski definition) is 1. The minimum atomic E-state index is -0.299. The monoisotopic (exact) mass is 165 g/mol. The summed E-state index contributed by atoms with van der Waals surface area (Å²) in [6, 6.07) is 2.70. The Morgan fingerprint density at radius 2 is 2.33 bits per heavy atom. The second-order valence-electron chi connectivity index (χ2n) is 2.66. The SMILES string of the molecule is Cc1nc2cc(F)ccn2c1N. The minimum Gasteiger partial charge on any atom is -0.383 e. The number of rotatable bonds is 0. The normalized spacial score (nSPS) is 10.8. The topological polar surface area (TPSA) is 43.3 Å². The predicted octanol–water partition coefficient (Wildman–Crippen LogP) is 1.36. The lowest BCUT2D eigenvalue weighted by atomic mass is 10.4. The van der Waals surface area contributed by atoms with Crippen molar-refractivity contribution in [3.8, 4) is 0 Å². The van der Waals surface area contributed by atoms with Gasteiger partial charge in [0.1, 0.15) is 17.3 Å². The molecule has 2 N–H and O–H groups in total. The van der Waals surface area contributed by atoms with Crippen molar-refractivity contribution in [3.05, 3.63) is 29.8 Å². The maximum absolute atomic E-state index is 12.7. The molecule has 0 aliphatic carbocycles. The highest BCUT2D eigenvalue weighted by molar-refractivity contribution is 5.52. The average Bonchev–Trinajstić information content (AvgIpc) is 2.28. The number of aryl methyl sites for hydroxylation is 1. The van der Waals surface area contributed by atoms with Crippen molar-refractivity contribution in [3.63, 3.8) is 0 Å². The molecule has 0 bridgehead atoms. The Morgan fingerprint density at radius 3 is 3.08 bits per heavy atom. The molecule has 0 unspecified atom stereocenters. The third kappa shape index (κ3) is 0.845. The van der Waals surface area contributed by atoms with E-state index < -0.39 is 0 Å². The number of nitrogen functional groups attached to an aromatic ring is 1. The molecule has 2 aromatic rings. The van der Waals surface area contributed by atoms with E-state index in [4.69, 9.17) is 5.73 Å². The molecule has 0 fully saturated rings. The van der Waals surface area contributed by atoms with Crippen LogP contribution in [-0.2, 0) is 0 Å². The second kappa shape index (κ2) is 2.20. The van der Waals surface area contributed by atoms with Gasteiger partial charge < -0.3 is 5.73 Å². The smallest absolute Gasteiger partial charge is 0.141 e. The van der Waals surface area contributed by atoms with E-state index in [-0.39, 0.29) is 5.82 Å². The van der Waals surface area contributed by atoms with Crippen LogP contribution in [0, 0.1) is 12.7 Å². The Balaban J connectivity index is 2.87. The number of halogens is 1. The molecule has 0 aromatic carbocycles. The third-order valence-electron chi connectivity index (χ3n) is 1.81. The molecule has 4 heteroatoms. The van der Waals surface area contributed by atoms with Crippen molar-refractivity contribution in [1.82, 2.24) is 9.38 Å². The van der Waals surface area contributed by atoms with Crippen LogP contribution in [0.1, 0.15) is 5.69 Å². The summed E-state index contributed by atoms with van der Waals surface area (Å²) in [5.41, 5.74) is 6.94. The molecule has 0 saturated carbocycles. The summed E-state index contributed by atoms with van der Waals surface area (Å²) in [6.45, 7) is 1.79. The summed E-state index contributed by atoms with van der Waals surface area (Å²) in [5, 5.41) is 0. The summed E-state index contributed by atoms with van der Waals surface area (Å²) in [6.07, 6.45) is 1.57. The molecular formula is C8H8FN3. The highest BCUT2D eigenvalue weighted by Crippen LogP contribution is 2.13. The molecule has 62 valence electrons. The number of hydrogen-bond acceptors (Lipinski definition) is 2. The first-order valence-corrected chi connectivity index (χ1v) is 3.58. The molecule has 2 rings (SSSR count). The largest absolute Gasteiger partial charge is 0.383 e. The zero-order valence-corrected chi connectivity index (χ0v) is 6.58. The van der Waals surface area contributed by atoms with Gasteiger partial charge in [-0.1, -0.05) is 0 Å². The van der Waals surface area contributed by atoms with E-state index in [1.54, 1.807) is 17.5 Å². The van der Waals surface area contributed by atoms with E-state index >= 15 is 0 Å². The third-order valence-corrected chi connectivity index (χ3v) is 1.81. The average molecular weight is 165 g/mol. The van der Waals surface area contributed by atoms with Crippen LogP contribution in [-0.4, -0.2) is 9.38 Å². The fraction of sp³-hybridized carbons (Fsp3) is 0.125. The van der Waals surface area contributed by atoms with Gasteiger partial charge >= 0.3 is 0 Å². The van der Waals surface area contributed by atoms with Crippen LogP contribution in [0.5, 0.6) is 0 Å². The van der Waals surface area contributed by atoms with Crippen LogP contribution in [0.2, 0.25) is 0 Å². The zero-order chi connectivity index (χ0) is 8.72. The number of nitrogens with two attached hydrogens (primary N) is 1. The van der Waals surface area contributed by atoms with Crippen LogP contribution in [0.4, 0.5) is 10.2 Å². The Labute approximate surface area is 68.6 Å². The number of imidazole rings is 1. The highest BCUT2D eigenvalue weighted by Gasteiger charge is 2.04. The van der Waals surface area contributed by atoms with Crippen LogP contribution < -0.4 is 5.73 Å². The van der Waals surface area contributed by atoms with Gasteiger partial charge in [0.15, 0.2) is 0 Å². The standard InChI is InChI=1S/C8H8FN3/c1-5-8(10)12-3-2-6(9)4-7(12)11-5/h2-4H,10H2,1H3. The van der Waals surface area contributed by atoms with E-state index in [1.807, 2.05) is 0 Å². The van der Waals surface area contributed by atoms with Crippen LogP contribution in [0.3, 0.4) is 0 Å². The van der Waals surface area contributed by atoms with E-state index in [1.165, 1.54) is 12.1 Å². The molecule has 0 aliphatic rings. The number of nitrogens with zero attached hydrogens (tertiary/aromatic N) is 2. The molecule has 0 spiro atoms. The van der Waals surface area contributed by atoms with Gasteiger partial charge in [-0.3, -0.25) is 4.40 Å². The van der Waals surface area contributed by atoms with E-state index in [0.717, 1.165) is 5.69 Å².